The van der Waals surface area contributed by atoms with Crippen LogP contribution in [-0.4, -0.2) is 59.9 Å². The van der Waals surface area contributed by atoms with Crippen molar-refractivity contribution in [2.75, 3.05) is 20.3 Å². The number of hydrogen-bond acceptors (Lipinski definition) is 4. The van der Waals surface area contributed by atoms with Crippen LogP contribution in [0.1, 0.15) is 52.4 Å². The fourth-order valence-corrected chi connectivity index (χ4v) is 3.73. The molecule has 2 rings (SSSR count). The molecule has 2 atom stereocenters. The monoisotopic (exact) mass is 298 g/mol. The Balaban J connectivity index is 2.07. The highest BCUT2D eigenvalue weighted by Gasteiger charge is 2.46. The SMILES string of the molecule is COCCN(C1CC1)C1CCCC(NC(C)C)(C(=O)O)C1. The van der Waals surface area contributed by atoms with E-state index in [1.54, 1.807) is 7.11 Å². The molecular formula is C16H30N2O3. The molecule has 0 aromatic carbocycles. The number of nitrogens with zero attached hydrogens (tertiary/aromatic N) is 1. The van der Waals surface area contributed by atoms with Gasteiger partial charge in [0, 0.05) is 31.8 Å². The molecule has 0 aromatic rings. The number of nitrogens with one attached hydrogen (secondary N) is 1. The van der Waals surface area contributed by atoms with E-state index in [2.05, 4.69) is 10.2 Å². The highest BCUT2D eigenvalue weighted by molar-refractivity contribution is 5.79. The van der Waals surface area contributed by atoms with Gasteiger partial charge in [0.25, 0.3) is 0 Å². The van der Waals surface area contributed by atoms with Crippen LogP contribution in [0.4, 0.5) is 0 Å². The molecule has 0 saturated heterocycles. The lowest BCUT2D eigenvalue weighted by atomic mass is 9.77. The van der Waals surface area contributed by atoms with Crippen molar-refractivity contribution < 1.29 is 14.6 Å². The normalized spacial score (nSPS) is 30.0. The van der Waals surface area contributed by atoms with Crippen LogP contribution in [0.2, 0.25) is 0 Å². The van der Waals surface area contributed by atoms with Crippen molar-refractivity contribution in [1.29, 1.82) is 0 Å². The zero-order valence-corrected chi connectivity index (χ0v) is 13.6. The third kappa shape index (κ3) is 4.18. The van der Waals surface area contributed by atoms with Crippen molar-refractivity contribution in [3.05, 3.63) is 0 Å². The first-order valence-corrected chi connectivity index (χ1v) is 8.24. The zero-order chi connectivity index (χ0) is 15.5. The van der Waals surface area contributed by atoms with Crippen LogP contribution >= 0.6 is 0 Å². The van der Waals surface area contributed by atoms with Crippen LogP contribution in [0.15, 0.2) is 0 Å². The third-order valence-corrected chi connectivity index (χ3v) is 4.74. The molecule has 0 radical (unpaired) electrons. The number of ether oxygens (including phenoxy) is 1. The highest BCUT2D eigenvalue weighted by Crippen LogP contribution is 2.37. The first-order chi connectivity index (χ1) is 9.98. The van der Waals surface area contributed by atoms with Gasteiger partial charge in [0.15, 0.2) is 0 Å². The summed E-state index contributed by atoms with van der Waals surface area (Å²) in [7, 11) is 1.73. The molecule has 21 heavy (non-hydrogen) atoms. The number of carboxylic acid groups (broad SMARTS) is 1. The third-order valence-electron chi connectivity index (χ3n) is 4.74. The summed E-state index contributed by atoms with van der Waals surface area (Å²) >= 11 is 0. The summed E-state index contributed by atoms with van der Waals surface area (Å²) in [6.45, 7) is 5.70. The summed E-state index contributed by atoms with van der Waals surface area (Å²) in [4.78, 5) is 14.4. The van der Waals surface area contributed by atoms with Gasteiger partial charge in [0.2, 0.25) is 0 Å². The van der Waals surface area contributed by atoms with E-state index in [1.165, 1.54) is 12.8 Å². The lowest BCUT2D eigenvalue weighted by Crippen LogP contribution is -2.60. The van der Waals surface area contributed by atoms with Gasteiger partial charge in [-0.05, 0) is 52.4 Å². The van der Waals surface area contributed by atoms with E-state index in [0.717, 1.165) is 32.4 Å². The summed E-state index contributed by atoms with van der Waals surface area (Å²) in [5.74, 6) is -0.691. The maximum atomic E-state index is 11.9. The molecule has 0 heterocycles. The minimum Gasteiger partial charge on any atom is -0.480 e. The summed E-state index contributed by atoms with van der Waals surface area (Å²) in [6, 6.07) is 1.20. The Morgan fingerprint density at radius 3 is 2.62 bits per heavy atom. The maximum absolute atomic E-state index is 11.9. The Bertz CT molecular complexity index is 357. The molecule has 2 aliphatic rings. The molecule has 0 spiro atoms. The average molecular weight is 298 g/mol. The topological polar surface area (TPSA) is 61.8 Å². The Labute approximate surface area is 128 Å². The number of methoxy groups -OCH3 is 1. The van der Waals surface area contributed by atoms with Gasteiger partial charge in [0.05, 0.1) is 6.61 Å². The van der Waals surface area contributed by atoms with Crippen molar-refractivity contribution in [3.63, 3.8) is 0 Å². The quantitative estimate of drug-likeness (QED) is 0.716. The molecule has 2 N–H and O–H groups in total. The number of rotatable bonds is 8. The predicted molar refractivity (Wildman–Crippen MR) is 82.5 cm³/mol. The number of hydrogen-bond donors (Lipinski definition) is 2. The zero-order valence-electron chi connectivity index (χ0n) is 13.6. The molecule has 2 aliphatic carbocycles. The summed E-state index contributed by atoms with van der Waals surface area (Å²) in [5, 5.41) is 13.1. The summed E-state index contributed by atoms with van der Waals surface area (Å²) in [6.07, 6.45) is 6.03. The Hall–Kier alpha value is -0.650. The molecule has 0 aromatic heterocycles. The lowest BCUT2D eigenvalue weighted by molar-refractivity contribution is -0.148. The van der Waals surface area contributed by atoms with Gasteiger partial charge < -0.3 is 9.84 Å². The fourth-order valence-electron chi connectivity index (χ4n) is 3.73. The second kappa shape index (κ2) is 7.07. The largest absolute Gasteiger partial charge is 0.480 e. The molecule has 2 fully saturated rings. The first kappa shape index (κ1) is 16.7. The molecule has 2 saturated carbocycles. The van der Waals surface area contributed by atoms with Crippen LogP contribution in [0.25, 0.3) is 0 Å². The van der Waals surface area contributed by atoms with Crippen molar-refractivity contribution in [2.45, 2.75) is 76.0 Å². The number of carboxylic acids is 1. The molecule has 0 aliphatic heterocycles. The Kier molecular flexibility index (Phi) is 5.63. The van der Waals surface area contributed by atoms with Crippen LogP contribution < -0.4 is 5.32 Å². The van der Waals surface area contributed by atoms with E-state index >= 15 is 0 Å². The molecule has 2 unspecified atom stereocenters. The van der Waals surface area contributed by atoms with Gasteiger partial charge in [-0.15, -0.1) is 0 Å². The standard InChI is InChI=1S/C16H30N2O3/c1-12(2)17-16(15(19)20)8-4-5-14(11-16)18(9-10-21-3)13-6-7-13/h12-14,17H,4-11H2,1-3H3,(H,19,20). The molecule has 122 valence electrons. The fraction of sp³-hybridized carbons (Fsp3) is 0.938. The first-order valence-electron chi connectivity index (χ1n) is 8.24. The number of carbonyl (C=O) groups is 1. The molecule has 0 bridgehead atoms. The molecule has 0 amide bonds. The van der Waals surface area contributed by atoms with Gasteiger partial charge >= 0.3 is 5.97 Å². The Morgan fingerprint density at radius 1 is 1.38 bits per heavy atom. The van der Waals surface area contributed by atoms with Gasteiger partial charge in [-0.1, -0.05) is 0 Å². The van der Waals surface area contributed by atoms with E-state index in [-0.39, 0.29) is 6.04 Å². The highest BCUT2D eigenvalue weighted by atomic mass is 16.5. The van der Waals surface area contributed by atoms with Crippen LogP contribution in [0.3, 0.4) is 0 Å². The summed E-state index contributed by atoms with van der Waals surface area (Å²) < 4.78 is 5.23. The van der Waals surface area contributed by atoms with Crippen LogP contribution in [0, 0.1) is 0 Å². The predicted octanol–water partition coefficient (Wildman–Crippen LogP) is 1.86. The van der Waals surface area contributed by atoms with Crippen molar-refractivity contribution >= 4 is 5.97 Å². The summed E-state index contributed by atoms with van der Waals surface area (Å²) in [5.41, 5.74) is -0.753. The molecule has 5 heteroatoms. The van der Waals surface area contributed by atoms with Crippen LogP contribution in [0.5, 0.6) is 0 Å². The van der Waals surface area contributed by atoms with E-state index in [0.29, 0.717) is 18.5 Å². The molecule has 5 nitrogen and oxygen atoms in total. The van der Waals surface area contributed by atoms with E-state index in [1.807, 2.05) is 13.8 Å². The average Bonchev–Trinajstić information content (AvgIpc) is 3.23. The van der Waals surface area contributed by atoms with E-state index < -0.39 is 11.5 Å². The number of aliphatic carboxylic acids is 1. The van der Waals surface area contributed by atoms with E-state index in [9.17, 15) is 9.90 Å². The maximum Gasteiger partial charge on any atom is 0.323 e. The van der Waals surface area contributed by atoms with Gasteiger partial charge in [0.1, 0.15) is 5.54 Å². The van der Waals surface area contributed by atoms with Crippen molar-refractivity contribution in [3.8, 4) is 0 Å². The second-order valence-corrected chi connectivity index (χ2v) is 6.90. The minimum atomic E-state index is -0.753. The second-order valence-electron chi connectivity index (χ2n) is 6.90. The molecular weight excluding hydrogens is 268 g/mol. The van der Waals surface area contributed by atoms with Crippen molar-refractivity contribution in [1.82, 2.24) is 10.2 Å². The van der Waals surface area contributed by atoms with Crippen molar-refractivity contribution in [2.24, 2.45) is 0 Å². The van der Waals surface area contributed by atoms with E-state index in [4.69, 9.17) is 4.74 Å². The smallest absolute Gasteiger partial charge is 0.323 e. The van der Waals surface area contributed by atoms with Gasteiger partial charge in [-0.2, -0.15) is 0 Å². The van der Waals surface area contributed by atoms with Crippen LogP contribution in [-0.2, 0) is 9.53 Å². The van der Waals surface area contributed by atoms with Gasteiger partial charge in [-0.3, -0.25) is 15.0 Å². The van der Waals surface area contributed by atoms with Gasteiger partial charge in [-0.25, -0.2) is 0 Å². The lowest BCUT2D eigenvalue weighted by Gasteiger charge is -2.44. The minimum absolute atomic E-state index is 0.188. The Morgan fingerprint density at radius 2 is 2.10 bits per heavy atom.